The van der Waals surface area contributed by atoms with E-state index in [2.05, 4.69) is 15.6 Å². The number of carbonyl (C=O) groups is 2. The number of fused-ring (bicyclic) bond motifs is 1. The molecule has 2 N–H and O–H groups in total. The van der Waals surface area contributed by atoms with E-state index in [-0.39, 0.29) is 24.5 Å². The van der Waals surface area contributed by atoms with Crippen LogP contribution in [0.5, 0.6) is 11.5 Å². The van der Waals surface area contributed by atoms with Crippen molar-refractivity contribution in [3.63, 3.8) is 0 Å². The molecule has 7 nitrogen and oxygen atoms in total. The minimum absolute atomic E-state index is 0.0297. The summed E-state index contributed by atoms with van der Waals surface area (Å²) in [6.45, 7) is 5.59. The minimum Gasteiger partial charge on any atom is -0.493 e. The zero-order valence-corrected chi connectivity index (χ0v) is 17.5. The molecule has 3 aromatic rings. The van der Waals surface area contributed by atoms with Crippen LogP contribution in [-0.4, -0.2) is 36.6 Å². The Balaban J connectivity index is 1.77. The molecular formula is C23H25N3O4. The fraction of sp³-hybridized carbons (Fsp3) is 0.261. The zero-order valence-electron chi connectivity index (χ0n) is 17.5. The van der Waals surface area contributed by atoms with Gasteiger partial charge in [0.25, 0.3) is 11.8 Å². The molecule has 7 heteroatoms. The quantitative estimate of drug-likeness (QED) is 0.623. The third kappa shape index (κ3) is 4.86. The number of nitrogens with one attached hydrogen (secondary N) is 2. The van der Waals surface area contributed by atoms with Crippen molar-refractivity contribution in [1.29, 1.82) is 0 Å². The van der Waals surface area contributed by atoms with E-state index >= 15 is 0 Å². The van der Waals surface area contributed by atoms with Gasteiger partial charge in [0, 0.05) is 23.2 Å². The van der Waals surface area contributed by atoms with Gasteiger partial charge < -0.3 is 20.1 Å². The topological polar surface area (TPSA) is 89.6 Å². The van der Waals surface area contributed by atoms with E-state index in [1.165, 1.54) is 7.11 Å². The fourth-order valence-electron chi connectivity index (χ4n) is 3.05. The Hall–Kier alpha value is -3.61. The Bertz CT molecular complexity index is 1080. The van der Waals surface area contributed by atoms with Crippen molar-refractivity contribution in [2.45, 2.75) is 26.8 Å². The number of anilines is 1. The van der Waals surface area contributed by atoms with Crippen molar-refractivity contribution in [1.82, 2.24) is 10.3 Å². The molecule has 30 heavy (non-hydrogen) atoms. The number of hydrogen-bond acceptors (Lipinski definition) is 5. The maximum atomic E-state index is 12.8. The smallest absolute Gasteiger partial charge is 0.258 e. The van der Waals surface area contributed by atoms with Gasteiger partial charge in [-0.1, -0.05) is 6.07 Å². The highest BCUT2D eigenvalue weighted by Crippen LogP contribution is 2.29. The molecule has 0 bridgehead atoms. The van der Waals surface area contributed by atoms with Crippen molar-refractivity contribution in [3.8, 4) is 11.5 Å². The second-order valence-corrected chi connectivity index (χ2v) is 7.16. The highest BCUT2D eigenvalue weighted by atomic mass is 16.5. The number of amides is 2. The summed E-state index contributed by atoms with van der Waals surface area (Å²) in [6.07, 6.45) is 1.73. The van der Waals surface area contributed by atoms with Crippen LogP contribution in [0.25, 0.3) is 10.9 Å². The van der Waals surface area contributed by atoms with E-state index in [1.807, 2.05) is 45.0 Å². The molecule has 0 fully saturated rings. The molecule has 0 saturated carbocycles. The number of methoxy groups -OCH3 is 1. The normalized spacial score (nSPS) is 10.7. The average Bonchev–Trinajstić information content (AvgIpc) is 2.73. The van der Waals surface area contributed by atoms with Crippen LogP contribution in [0.15, 0.2) is 48.7 Å². The zero-order chi connectivity index (χ0) is 21.7. The number of nitrogens with zero attached hydrogens (tertiary/aromatic N) is 1. The average molecular weight is 407 g/mol. The molecule has 0 atom stereocenters. The Morgan fingerprint density at radius 1 is 1.10 bits per heavy atom. The van der Waals surface area contributed by atoms with E-state index in [4.69, 9.17) is 9.47 Å². The molecule has 0 spiro atoms. The second-order valence-electron chi connectivity index (χ2n) is 7.16. The highest BCUT2D eigenvalue weighted by molar-refractivity contribution is 6.09. The summed E-state index contributed by atoms with van der Waals surface area (Å²) in [7, 11) is 1.48. The molecule has 0 saturated heterocycles. The van der Waals surface area contributed by atoms with E-state index in [9.17, 15) is 9.59 Å². The molecule has 1 heterocycles. The molecule has 2 amide bonds. The Kier molecular flexibility index (Phi) is 6.51. The number of hydrogen-bond donors (Lipinski definition) is 2. The van der Waals surface area contributed by atoms with Crippen LogP contribution in [0.4, 0.5) is 5.69 Å². The molecule has 0 unspecified atom stereocenters. The third-order valence-corrected chi connectivity index (χ3v) is 4.45. The number of pyridine rings is 1. The number of aryl methyl sites for hydroxylation is 1. The van der Waals surface area contributed by atoms with Gasteiger partial charge in [0.1, 0.15) is 0 Å². The van der Waals surface area contributed by atoms with Crippen LogP contribution in [0.2, 0.25) is 0 Å². The van der Waals surface area contributed by atoms with Crippen LogP contribution >= 0.6 is 0 Å². The third-order valence-electron chi connectivity index (χ3n) is 4.45. The van der Waals surface area contributed by atoms with Gasteiger partial charge in [-0.2, -0.15) is 0 Å². The van der Waals surface area contributed by atoms with Gasteiger partial charge in [-0.3, -0.25) is 14.6 Å². The monoisotopic (exact) mass is 407 g/mol. The number of ether oxygens (including phenoxy) is 2. The Morgan fingerprint density at radius 3 is 2.63 bits per heavy atom. The number of carbonyl (C=O) groups excluding carboxylic acids is 2. The van der Waals surface area contributed by atoms with Crippen molar-refractivity contribution < 1.29 is 19.1 Å². The van der Waals surface area contributed by atoms with Gasteiger partial charge in [0.2, 0.25) is 0 Å². The van der Waals surface area contributed by atoms with E-state index in [1.54, 1.807) is 24.4 Å². The van der Waals surface area contributed by atoms with Crippen molar-refractivity contribution >= 4 is 28.4 Å². The summed E-state index contributed by atoms with van der Waals surface area (Å²) in [4.78, 5) is 29.0. The highest BCUT2D eigenvalue weighted by Gasteiger charge is 2.14. The summed E-state index contributed by atoms with van der Waals surface area (Å²) >= 11 is 0. The van der Waals surface area contributed by atoms with Gasteiger partial charge in [-0.05, 0) is 62.7 Å². The molecule has 3 rings (SSSR count). The van der Waals surface area contributed by atoms with Crippen molar-refractivity contribution in [2.75, 3.05) is 19.0 Å². The molecule has 156 valence electrons. The molecule has 2 aromatic carbocycles. The number of rotatable bonds is 7. The van der Waals surface area contributed by atoms with E-state index in [0.717, 1.165) is 16.5 Å². The summed E-state index contributed by atoms with van der Waals surface area (Å²) < 4.78 is 10.9. The van der Waals surface area contributed by atoms with Gasteiger partial charge >= 0.3 is 0 Å². The summed E-state index contributed by atoms with van der Waals surface area (Å²) in [5, 5.41) is 6.55. The van der Waals surface area contributed by atoms with E-state index < -0.39 is 0 Å². The lowest BCUT2D eigenvalue weighted by molar-refractivity contribution is -0.123. The lowest BCUT2D eigenvalue weighted by atomic mass is 10.1. The molecule has 0 aliphatic rings. The molecular weight excluding hydrogens is 382 g/mol. The first-order chi connectivity index (χ1) is 14.4. The SMILES string of the molecule is COc1cc(C(=O)Nc2ccc(C)c3ncccc23)ccc1OCC(=O)NC(C)C. The minimum atomic E-state index is -0.286. The van der Waals surface area contributed by atoms with Gasteiger partial charge in [-0.15, -0.1) is 0 Å². The maximum Gasteiger partial charge on any atom is 0.258 e. The van der Waals surface area contributed by atoms with Gasteiger partial charge in [0.15, 0.2) is 18.1 Å². The standard InChI is InChI=1S/C23H25N3O4/c1-14(2)25-21(27)13-30-19-10-8-16(12-20(19)29-4)23(28)26-18-9-7-15(3)22-17(18)6-5-11-24-22/h5-12,14H,13H2,1-4H3,(H,25,27)(H,26,28). The van der Waals surface area contributed by atoms with Gasteiger partial charge in [-0.25, -0.2) is 0 Å². The largest absolute Gasteiger partial charge is 0.493 e. The molecule has 0 radical (unpaired) electrons. The first-order valence-electron chi connectivity index (χ1n) is 9.65. The van der Waals surface area contributed by atoms with Crippen LogP contribution in [0, 0.1) is 6.92 Å². The predicted octanol–water partition coefficient (Wildman–Crippen LogP) is 3.71. The Morgan fingerprint density at radius 2 is 1.90 bits per heavy atom. The van der Waals surface area contributed by atoms with Crippen molar-refractivity contribution in [3.05, 3.63) is 59.8 Å². The summed E-state index contributed by atoms with van der Waals surface area (Å²) in [6, 6.07) is 12.4. The number of benzene rings is 2. The maximum absolute atomic E-state index is 12.8. The van der Waals surface area contributed by atoms with Crippen LogP contribution in [0.1, 0.15) is 29.8 Å². The molecule has 0 aliphatic carbocycles. The fourth-order valence-corrected chi connectivity index (χ4v) is 3.05. The number of aromatic nitrogens is 1. The van der Waals surface area contributed by atoms with Gasteiger partial charge in [0.05, 0.1) is 18.3 Å². The summed E-state index contributed by atoms with van der Waals surface area (Å²) in [5.41, 5.74) is 2.96. The Labute approximate surface area is 175 Å². The predicted molar refractivity (Wildman–Crippen MR) is 116 cm³/mol. The lowest BCUT2D eigenvalue weighted by Gasteiger charge is -2.14. The van der Waals surface area contributed by atoms with Crippen LogP contribution in [-0.2, 0) is 4.79 Å². The van der Waals surface area contributed by atoms with Crippen LogP contribution in [0.3, 0.4) is 0 Å². The van der Waals surface area contributed by atoms with Crippen molar-refractivity contribution in [2.24, 2.45) is 0 Å². The first kappa shape index (κ1) is 21.1. The van der Waals surface area contributed by atoms with E-state index in [0.29, 0.717) is 22.7 Å². The van der Waals surface area contributed by atoms with Crippen LogP contribution < -0.4 is 20.1 Å². The summed E-state index contributed by atoms with van der Waals surface area (Å²) in [5.74, 6) is 0.244. The lowest BCUT2D eigenvalue weighted by Crippen LogP contribution is -2.34. The second kappa shape index (κ2) is 9.26. The molecule has 1 aromatic heterocycles. The molecule has 0 aliphatic heterocycles. The first-order valence-corrected chi connectivity index (χ1v) is 9.65.